The molecule has 3 nitrogen and oxygen atoms in total. The zero-order valence-corrected chi connectivity index (χ0v) is 8.26. The summed E-state index contributed by atoms with van der Waals surface area (Å²) in [7, 11) is 0. The molecule has 0 bridgehead atoms. The van der Waals surface area contributed by atoms with Crippen LogP contribution in [0.5, 0.6) is 5.88 Å². The Bertz CT molecular complexity index is 303. The molecule has 0 aromatic carbocycles. The molecule has 1 aromatic heterocycles. The van der Waals surface area contributed by atoms with Crippen LogP contribution < -0.4 is 10.1 Å². The highest BCUT2D eigenvalue weighted by Crippen LogP contribution is 2.27. The molecule has 0 saturated carbocycles. The van der Waals surface area contributed by atoms with Crippen molar-refractivity contribution < 1.29 is 4.74 Å². The Balaban J connectivity index is 2.37. The molecule has 0 fully saturated rings. The molecule has 2 heterocycles. The highest BCUT2D eigenvalue weighted by molar-refractivity contribution is 9.10. The molecular formula is C8H9BrN2O. The van der Waals surface area contributed by atoms with Crippen LogP contribution in [-0.4, -0.2) is 17.6 Å². The molecular weight excluding hydrogens is 220 g/mol. The number of hydrogen-bond donors (Lipinski definition) is 1. The molecule has 12 heavy (non-hydrogen) atoms. The topological polar surface area (TPSA) is 34.2 Å². The van der Waals surface area contributed by atoms with Gasteiger partial charge in [-0.25, -0.2) is 4.98 Å². The molecule has 0 aliphatic carbocycles. The molecule has 1 atom stereocenters. The van der Waals surface area contributed by atoms with Crippen LogP contribution in [0.3, 0.4) is 0 Å². The average molecular weight is 229 g/mol. The Labute approximate surface area is 79.3 Å². The molecule has 1 aromatic rings. The Morgan fingerprint density at radius 2 is 2.50 bits per heavy atom. The normalized spacial score (nSPS) is 20.7. The molecule has 0 spiro atoms. The largest absolute Gasteiger partial charge is 0.471 e. The maximum absolute atomic E-state index is 5.51. The summed E-state index contributed by atoms with van der Waals surface area (Å²) in [6, 6.07) is 3.85. The van der Waals surface area contributed by atoms with E-state index in [1.54, 1.807) is 0 Å². The number of pyridine rings is 1. The van der Waals surface area contributed by atoms with Gasteiger partial charge < -0.3 is 10.1 Å². The predicted molar refractivity (Wildman–Crippen MR) is 50.5 cm³/mol. The fourth-order valence-corrected chi connectivity index (χ4v) is 1.42. The summed E-state index contributed by atoms with van der Waals surface area (Å²) >= 11 is 3.29. The highest BCUT2D eigenvalue weighted by atomic mass is 79.9. The summed E-state index contributed by atoms with van der Waals surface area (Å²) < 4.78 is 6.31. The van der Waals surface area contributed by atoms with Crippen molar-refractivity contribution in [2.75, 3.05) is 11.9 Å². The summed E-state index contributed by atoms with van der Waals surface area (Å²) in [5, 5.41) is 3.23. The number of halogens is 1. The second-order valence-electron chi connectivity index (χ2n) is 2.80. The lowest BCUT2D eigenvalue weighted by atomic mass is 10.3. The van der Waals surface area contributed by atoms with Crippen LogP contribution in [-0.2, 0) is 0 Å². The van der Waals surface area contributed by atoms with Gasteiger partial charge in [-0.1, -0.05) is 0 Å². The third-order valence-corrected chi connectivity index (χ3v) is 2.16. The van der Waals surface area contributed by atoms with Gasteiger partial charge in [-0.2, -0.15) is 0 Å². The van der Waals surface area contributed by atoms with Crippen LogP contribution in [0.25, 0.3) is 0 Å². The van der Waals surface area contributed by atoms with E-state index in [0.29, 0.717) is 5.88 Å². The van der Waals surface area contributed by atoms with Gasteiger partial charge in [0.1, 0.15) is 10.7 Å². The van der Waals surface area contributed by atoms with Crippen molar-refractivity contribution in [3.05, 3.63) is 16.7 Å². The van der Waals surface area contributed by atoms with Crippen molar-refractivity contribution in [2.45, 2.75) is 13.0 Å². The van der Waals surface area contributed by atoms with Crippen LogP contribution in [0.4, 0.5) is 5.69 Å². The van der Waals surface area contributed by atoms with Gasteiger partial charge in [0.25, 0.3) is 0 Å². The van der Waals surface area contributed by atoms with Gasteiger partial charge in [-0.05, 0) is 35.0 Å². The zero-order valence-electron chi connectivity index (χ0n) is 6.67. The SMILES string of the molecule is CC1CNc2ccc(Br)nc2O1. The molecule has 4 heteroatoms. The zero-order chi connectivity index (χ0) is 8.55. The van der Waals surface area contributed by atoms with E-state index in [1.165, 1.54) is 0 Å². The number of nitrogens with zero attached hydrogens (tertiary/aromatic N) is 1. The molecule has 64 valence electrons. The summed E-state index contributed by atoms with van der Waals surface area (Å²) in [6.07, 6.45) is 0.194. The standard InChI is InChI=1S/C8H9BrN2O/c1-5-4-10-6-2-3-7(9)11-8(6)12-5/h2-3,5,10H,4H2,1H3. The lowest BCUT2D eigenvalue weighted by Crippen LogP contribution is -2.28. The Morgan fingerprint density at radius 3 is 3.33 bits per heavy atom. The Kier molecular flexibility index (Phi) is 1.92. The third-order valence-electron chi connectivity index (χ3n) is 1.72. The van der Waals surface area contributed by atoms with E-state index in [2.05, 4.69) is 26.2 Å². The molecule has 1 N–H and O–H groups in total. The molecule has 1 aliphatic rings. The molecule has 2 rings (SSSR count). The quantitative estimate of drug-likeness (QED) is 0.691. The van der Waals surface area contributed by atoms with E-state index in [4.69, 9.17) is 4.74 Å². The van der Waals surface area contributed by atoms with E-state index >= 15 is 0 Å². The minimum absolute atomic E-state index is 0.194. The minimum atomic E-state index is 0.194. The van der Waals surface area contributed by atoms with Crippen molar-refractivity contribution in [2.24, 2.45) is 0 Å². The first-order valence-electron chi connectivity index (χ1n) is 3.83. The van der Waals surface area contributed by atoms with E-state index in [-0.39, 0.29) is 6.10 Å². The summed E-state index contributed by atoms with van der Waals surface area (Å²) in [6.45, 7) is 2.86. The van der Waals surface area contributed by atoms with E-state index in [9.17, 15) is 0 Å². The summed E-state index contributed by atoms with van der Waals surface area (Å²) in [5.41, 5.74) is 0.969. The van der Waals surface area contributed by atoms with Crippen molar-refractivity contribution in [3.63, 3.8) is 0 Å². The van der Waals surface area contributed by atoms with Crippen molar-refractivity contribution >= 4 is 21.6 Å². The number of rotatable bonds is 0. The van der Waals surface area contributed by atoms with Crippen molar-refractivity contribution in [3.8, 4) is 5.88 Å². The lowest BCUT2D eigenvalue weighted by Gasteiger charge is -2.23. The van der Waals surface area contributed by atoms with E-state index in [0.717, 1.165) is 16.8 Å². The van der Waals surface area contributed by atoms with Crippen molar-refractivity contribution in [1.29, 1.82) is 0 Å². The fraction of sp³-hybridized carbons (Fsp3) is 0.375. The first-order chi connectivity index (χ1) is 5.75. The third kappa shape index (κ3) is 1.39. The first-order valence-corrected chi connectivity index (χ1v) is 4.62. The van der Waals surface area contributed by atoms with Crippen LogP contribution in [0.15, 0.2) is 16.7 Å². The first kappa shape index (κ1) is 7.86. The number of ether oxygens (including phenoxy) is 1. The average Bonchev–Trinajstić information content (AvgIpc) is 2.03. The van der Waals surface area contributed by atoms with E-state index in [1.807, 2.05) is 19.1 Å². The van der Waals surface area contributed by atoms with Gasteiger partial charge in [0, 0.05) is 0 Å². The van der Waals surface area contributed by atoms with E-state index < -0.39 is 0 Å². The summed E-state index contributed by atoms with van der Waals surface area (Å²) in [5.74, 6) is 0.683. The number of nitrogens with one attached hydrogen (secondary N) is 1. The number of fused-ring (bicyclic) bond motifs is 1. The van der Waals surface area contributed by atoms with Crippen LogP contribution in [0.1, 0.15) is 6.92 Å². The van der Waals surface area contributed by atoms with Crippen LogP contribution >= 0.6 is 15.9 Å². The van der Waals surface area contributed by atoms with Gasteiger partial charge in [0.15, 0.2) is 0 Å². The van der Waals surface area contributed by atoms with Gasteiger partial charge in [0.05, 0.1) is 12.2 Å². The molecule has 1 aliphatic heterocycles. The maximum atomic E-state index is 5.51. The van der Waals surface area contributed by atoms with Crippen molar-refractivity contribution in [1.82, 2.24) is 4.98 Å². The number of anilines is 1. The minimum Gasteiger partial charge on any atom is -0.471 e. The lowest BCUT2D eigenvalue weighted by molar-refractivity contribution is 0.216. The molecule has 0 radical (unpaired) electrons. The second kappa shape index (κ2) is 2.94. The second-order valence-corrected chi connectivity index (χ2v) is 3.61. The molecule has 1 unspecified atom stereocenters. The number of hydrogen-bond acceptors (Lipinski definition) is 3. The van der Waals surface area contributed by atoms with Crippen LogP contribution in [0.2, 0.25) is 0 Å². The predicted octanol–water partition coefficient (Wildman–Crippen LogP) is 2.04. The fourth-order valence-electron chi connectivity index (χ4n) is 1.13. The molecule has 0 amide bonds. The molecule has 0 saturated heterocycles. The smallest absolute Gasteiger partial charge is 0.238 e. The monoisotopic (exact) mass is 228 g/mol. The van der Waals surface area contributed by atoms with Gasteiger partial charge in [-0.15, -0.1) is 0 Å². The van der Waals surface area contributed by atoms with Gasteiger partial charge >= 0.3 is 0 Å². The number of aromatic nitrogens is 1. The summed E-state index contributed by atoms with van der Waals surface area (Å²) in [4.78, 5) is 4.20. The van der Waals surface area contributed by atoms with Gasteiger partial charge in [0.2, 0.25) is 5.88 Å². The van der Waals surface area contributed by atoms with Crippen LogP contribution in [0, 0.1) is 0 Å². The Hall–Kier alpha value is -0.770. The Morgan fingerprint density at radius 1 is 1.67 bits per heavy atom. The highest BCUT2D eigenvalue weighted by Gasteiger charge is 2.16. The maximum Gasteiger partial charge on any atom is 0.238 e. The van der Waals surface area contributed by atoms with Gasteiger partial charge in [-0.3, -0.25) is 0 Å².